The zero-order valence-electron chi connectivity index (χ0n) is 9.37. The van der Waals surface area contributed by atoms with Crippen molar-refractivity contribution in [3.8, 4) is 12.3 Å². The Kier molecular flexibility index (Phi) is 3.99. The van der Waals surface area contributed by atoms with Gasteiger partial charge in [-0.15, -0.1) is 6.42 Å². The van der Waals surface area contributed by atoms with E-state index in [4.69, 9.17) is 12.2 Å². The van der Waals surface area contributed by atoms with Gasteiger partial charge in [-0.05, 0) is 12.1 Å². The van der Waals surface area contributed by atoms with Gasteiger partial charge in [0.25, 0.3) is 11.5 Å². The van der Waals surface area contributed by atoms with E-state index >= 15 is 0 Å². The number of aromatic nitrogens is 1. The fourth-order valence-electron chi connectivity index (χ4n) is 1.42. The summed E-state index contributed by atoms with van der Waals surface area (Å²) in [6.45, 7) is -0.683. The highest BCUT2D eigenvalue weighted by molar-refractivity contribution is 5.92. The van der Waals surface area contributed by atoms with Crippen molar-refractivity contribution in [2.75, 3.05) is 0 Å². The van der Waals surface area contributed by atoms with Gasteiger partial charge >= 0.3 is 12.3 Å². The molecule has 1 rings (SSSR count). The monoisotopic (exact) mass is 276 g/mol. The molecule has 0 aliphatic rings. The molecular weight excluding hydrogens is 268 g/mol. The fourth-order valence-corrected chi connectivity index (χ4v) is 1.42. The Bertz CT molecular complexity index is 602. The molecule has 0 aliphatic carbocycles. The summed E-state index contributed by atoms with van der Waals surface area (Å²) < 4.78 is 51.4. The van der Waals surface area contributed by atoms with Gasteiger partial charge in [0.1, 0.15) is 5.56 Å². The molecule has 1 amide bonds. The van der Waals surface area contributed by atoms with E-state index in [2.05, 4.69) is 0 Å². The first-order chi connectivity index (χ1) is 8.73. The van der Waals surface area contributed by atoms with Crippen LogP contribution in [0.2, 0.25) is 0 Å². The second kappa shape index (κ2) is 5.14. The summed E-state index contributed by atoms with van der Waals surface area (Å²) in [6, 6.07) is 1.20. The summed E-state index contributed by atoms with van der Waals surface area (Å²) in [5.74, 6) is -3.85. The molecule has 0 unspecified atom stereocenters. The van der Waals surface area contributed by atoms with Crippen LogP contribution >= 0.6 is 0 Å². The number of nitrogens with two attached hydrogens (primary N) is 1. The first-order valence-electron chi connectivity index (χ1n) is 4.87. The molecule has 2 N–H and O–H groups in total. The Hall–Kier alpha value is -2.30. The fraction of sp³-hybridized carbons (Fsp3) is 0.273. The van der Waals surface area contributed by atoms with Crippen LogP contribution in [0.15, 0.2) is 16.9 Å². The smallest absolute Gasteiger partial charge is 0.347 e. The molecule has 19 heavy (non-hydrogen) atoms. The maximum absolute atomic E-state index is 13.3. The molecule has 8 heteroatoms. The predicted molar refractivity (Wildman–Crippen MR) is 58.0 cm³/mol. The molecule has 0 bridgehead atoms. The maximum atomic E-state index is 13.3. The molecule has 0 saturated heterocycles. The Morgan fingerprint density at radius 1 is 1.47 bits per heavy atom. The highest BCUT2D eigenvalue weighted by Crippen LogP contribution is 2.33. The summed E-state index contributed by atoms with van der Waals surface area (Å²) in [4.78, 5) is 22.6. The topological polar surface area (TPSA) is 65.1 Å². The minimum absolute atomic E-state index is 0.228. The number of primary amides is 1. The number of carbonyl (C=O) groups excluding carboxylic acids is 1. The minimum Gasteiger partial charge on any atom is -0.365 e. The number of rotatable bonds is 4. The molecule has 4 nitrogen and oxygen atoms in total. The van der Waals surface area contributed by atoms with E-state index in [1.165, 1.54) is 0 Å². The number of terminal acetylenes is 1. The van der Waals surface area contributed by atoms with Gasteiger partial charge in [0.15, 0.2) is 0 Å². The normalized spacial score (nSPS) is 11.4. The first-order valence-corrected chi connectivity index (χ1v) is 4.87. The highest BCUT2D eigenvalue weighted by Gasteiger charge is 2.45. The van der Waals surface area contributed by atoms with Crippen LogP contribution in [-0.2, 0) is 12.5 Å². The van der Waals surface area contributed by atoms with Gasteiger partial charge in [0.05, 0.1) is 12.2 Å². The number of alkyl halides is 4. The summed E-state index contributed by atoms with van der Waals surface area (Å²) >= 11 is 0. The Labute approximate surface area is 104 Å². The van der Waals surface area contributed by atoms with Gasteiger partial charge in [0, 0.05) is 0 Å². The van der Waals surface area contributed by atoms with Crippen LogP contribution in [-0.4, -0.2) is 16.9 Å². The van der Waals surface area contributed by atoms with Crippen LogP contribution in [0.25, 0.3) is 0 Å². The van der Waals surface area contributed by atoms with Crippen molar-refractivity contribution < 1.29 is 22.4 Å². The zero-order chi connectivity index (χ0) is 14.8. The van der Waals surface area contributed by atoms with E-state index in [1.54, 1.807) is 0 Å². The second-order valence-electron chi connectivity index (χ2n) is 3.52. The summed E-state index contributed by atoms with van der Waals surface area (Å²) in [5.41, 5.74) is 1.75. The second-order valence-corrected chi connectivity index (χ2v) is 3.52. The van der Waals surface area contributed by atoms with Crippen LogP contribution in [0.5, 0.6) is 0 Å². The van der Waals surface area contributed by atoms with Crippen molar-refractivity contribution >= 4 is 5.91 Å². The molecule has 0 saturated carbocycles. The molecule has 1 aromatic rings. The number of pyridine rings is 1. The van der Waals surface area contributed by atoms with Crippen LogP contribution in [0.1, 0.15) is 16.1 Å². The predicted octanol–water partition coefficient (Wildman–Crippen LogP) is 0.937. The third kappa shape index (κ3) is 2.59. The van der Waals surface area contributed by atoms with Crippen molar-refractivity contribution in [1.29, 1.82) is 0 Å². The average Bonchev–Trinajstić information content (AvgIpc) is 2.30. The van der Waals surface area contributed by atoms with Crippen LogP contribution in [0.3, 0.4) is 0 Å². The molecule has 0 atom stereocenters. The molecular formula is C11H8F4N2O2. The van der Waals surface area contributed by atoms with Gasteiger partial charge in [-0.3, -0.25) is 14.2 Å². The average molecular weight is 276 g/mol. The summed E-state index contributed by atoms with van der Waals surface area (Å²) in [7, 11) is 0. The maximum Gasteiger partial charge on any atom is 0.347 e. The van der Waals surface area contributed by atoms with Crippen molar-refractivity contribution in [1.82, 2.24) is 4.57 Å². The Morgan fingerprint density at radius 2 is 2.05 bits per heavy atom. The summed E-state index contributed by atoms with van der Waals surface area (Å²) in [6.07, 6.45) is 0.867. The Morgan fingerprint density at radius 3 is 2.47 bits per heavy atom. The van der Waals surface area contributed by atoms with Gasteiger partial charge in [-0.25, -0.2) is 8.78 Å². The first kappa shape index (κ1) is 14.8. The van der Waals surface area contributed by atoms with E-state index in [9.17, 15) is 27.2 Å². The van der Waals surface area contributed by atoms with E-state index in [0.717, 1.165) is 0 Å². The molecule has 0 spiro atoms. The number of nitrogens with zero attached hydrogens (tertiary/aromatic N) is 1. The van der Waals surface area contributed by atoms with Crippen LogP contribution in [0, 0.1) is 12.3 Å². The molecule has 1 aromatic heterocycles. The SMILES string of the molecule is C#CCn1c(C(F)(F)C(F)F)ccc(C(N)=O)c1=O. The van der Waals surface area contributed by atoms with Crippen molar-refractivity contribution in [3.63, 3.8) is 0 Å². The van der Waals surface area contributed by atoms with Crippen molar-refractivity contribution in [2.45, 2.75) is 18.9 Å². The van der Waals surface area contributed by atoms with Crippen LogP contribution in [0.4, 0.5) is 17.6 Å². The molecule has 0 aliphatic heterocycles. The number of hydrogen-bond donors (Lipinski definition) is 1. The quantitative estimate of drug-likeness (QED) is 0.657. The lowest BCUT2D eigenvalue weighted by atomic mass is 10.1. The lowest BCUT2D eigenvalue weighted by Crippen LogP contribution is -2.37. The largest absolute Gasteiger partial charge is 0.365 e. The minimum atomic E-state index is -4.56. The molecule has 0 fully saturated rings. The number of halogens is 4. The van der Waals surface area contributed by atoms with Crippen molar-refractivity contribution in [2.24, 2.45) is 5.73 Å². The standard InChI is InChI=1S/C11H8F4N2O2/c1-2-5-17-7(11(14,15)10(12)13)4-3-6(8(16)18)9(17)19/h1,3-4,10H,5H2,(H2,16,18). The third-order valence-corrected chi connectivity index (χ3v) is 2.30. The van der Waals surface area contributed by atoms with Gasteiger partial charge in [-0.2, -0.15) is 8.78 Å². The van der Waals surface area contributed by atoms with Crippen LogP contribution < -0.4 is 11.3 Å². The zero-order valence-corrected chi connectivity index (χ0v) is 9.37. The number of hydrogen-bond acceptors (Lipinski definition) is 2. The van der Waals surface area contributed by atoms with Gasteiger partial charge < -0.3 is 5.73 Å². The van der Waals surface area contributed by atoms with E-state index in [0.29, 0.717) is 12.1 Å². The van der Waals surface area contributed by atoms with Gasteiger partial charge in [0.2, 0.25) is 0 Å². The van der Waals surface area contributed by atoms with Crippen molar-refractivity contribution in [3.05, 3.63) is 33.7 Å². The number of carbonyl (C=O) groups is 1. The number of amides is 1. The lowest BCUT2D eigenvalue weighted by Gasteiger charge is -2.19. The molecule has 102 valence electrons. The molecule has 0 aromatic carbocycles. The highest BCUT2D eigenvalue weighted by atomic mass is 19.3. The lowest BCUT2D eigenvalue weighted by molar-refractivity contribution is -0.140. The summed E-state index contributed by atoms with van der Waals surface area (Å²) in [5, 5.41) is 0. The van der Waals surface area contributed by atoms with E-state index in [-0.39, 0.29) is 4.57 Å². The van der Waals surface area contributed by atoms with Gasteiger partial charge in [-0.1, -0.05) is 5.92 Å². The molecule has 1 heterocycles. The Balaban J connectivity index is 3.61. The molecule has 0 radical (unpaired) electrons. The third-order valence-electron chi connectivity index (χ3n) is 2.30. The van der Waals surface area contributed by atoms with E-state index < -0.39 is 41.6 Å². The van der Waals surface area contributed by atoms with E-state index in [1.807, 2.05) is 5.92 Å².